The molecule has 102 valence electrons. The fraction of sp³-hybridized carbons (Fsp3) is 0.429. The topological polar surface area (TPSA) is 49.2 Å². The van der Waals surface area contributed by atoms with Crippen molar-refractivity contribution in [1.82, 2.24) is 15.0 Å². The Morgan fingerprint density at radius 3 is 2.53 bits per heavy atom. The van der Waals surface area contributed by atoms with E-state index >= 15 is 0 Å². The summed E-state index contributed by atoms with van der Waals surface area (Å²) in [6.07, 6.45) is 3.76. The Balaban J connectivity index is 2.03. The first-order valence-corrected chi connectivity index (χ1v) is 6.36. The molecule has 5 heteroatoms. The monoisotopic (exact) mass is 261 g/mol. The van der Waals surface area contributed by atoms with E-state index in [1.807, 2.05) is 36.0 Å². The van der Waals surface area contributed by atoms with Gasteiger partial charge in [0.2, 0.25) is 0 Å². The maximum absolute atomic E-state index is 5.29. The molecule has 0 saturated heterocycles. The summed E-state index contributed by atoms with van der Waals surface area (Å²) in [7, 11) is 3.29. The Hall–Kier alpha value is -2.04. The van der Waals surface area contributed by atoms with Crippen molar-refractivity contribution in [2.45, 2.75) is 26.3 Å². The van der Waals surface area contributed by atoms with Crippen LogP contribution in [0.2, 0.25) is 0 Å². The number of aromatic nitrogens is 3. The minimum Gasteiger partial charge on any atom is -0.493 e. The van der Waals surface area contributed by atoms with Gasteiger partial charge in [0.05, 0.1) is 19.9 Å². The molecule has 0 N–H and O–H groups in total. The summed E-state index contributed by atoms with van der Waals surface area (Å²) in [5.41, 5.74) is 2.21. The molecule has 2 rings (SSSR count). The number of ether oxygens (including phenoxy) is 2. The number of nitrogens with zero attached hydrogens (tertiary/aromatic N) is 3. The highest BCUT2D eigenvalue weighted by Crippen LogP contribution is 2.27. The predicted molar refractivity (Wildman–Crippen MR) is 72.7 cm³/mol. The van der Waals surface area contributed by atoms with E-state index in [4.69, 9.17) is 9.47 Å². The maximum Gasteiger partial charge on any atom is 0.160 e. The van der Waals surface area contributed by atoms with E-state index in [1.54, 1.807) is 14.2 Å². The lowest BCUT2D eigenvalue weighted by molar-refractivity contribution is 0.354. The van der Waals surface area contributed by atoms with E-state index < -0.39 is 0 Å². The van der Waals surface area contributed by atoms with E-state index in [1.165, 1.54) is 5.56 Å². The molecule has 1 aromatic carbocycles. The fourth-order valence-corrected chi connectivity index (χ4v) is 1.92. The molecule has 0 bridgehead atoms. The summed E-state index contributed by atoms with van der Waals surface area (Å²) in [6.45, 7) is 2.90. The molecule has 0 aliphatic heterocycles. The second-order valence-corrected chi connectivity index (χ2v) is 4.25. The molecule has 0 amide bonds. The molecule has 0 unspecified atom stereocenters. The highest BCUT2D eigenvalue weighted by molar-refractivity contribution is 5.43. The number of hydrogen-bond acceptors (Lipinski definition) is 4. The number of benzene rings is 1. The number of hydrogen-bond donors (Lipinski definition) is 0. The Bertz CT molecular complexity index is 537. The summed E-state index contributed by atoms with van der Waals surface area (Å²) in [4.78, 5) is 0. The van der Waals surface area contributed by atoms with Gasteiger partial charge < -0.3 is 9.47 Å². The van der Waals surface area contributed by atoms with E-state index in [0.717, 1.165) is 36.6 Å². The van der Waals surface area contributed by atoms with E-state index in [-0.39, 0.29) is 0 Å². The van der Waals surface area contributed by atoms with Gasteiger partial charge in [-0.3, -0.25) is 4.68 Å². The molecular formula is C14H19N3O2. The number of rotatable bonds is 6. The van der Waals surface area contributed by atoms with Crippen molar-refractivity contribution in [2.75, 3.05) is 14.2 Å². The smallest absolute Gasteiger partial charge is 0.160 e. The van der Waals surface area contributed by atoms with E-state index in [0.29, 0.717) is 0 Å². The van der Waals surface area contributed by atoms with Gasteiger partial charge in [0, 0.05) is 12.7 Å². The van der Waals surface area contributed by atoms with Crippen LogP contribution in [0, 0.1) is 0 Å². The zero-order chi connectivity index (χ0) is 13.7. The first-order chi connectivity index (χ1) is 9.26. The quantitative estimate of drug-likeness (QED) is 0.799. The fourth-order valence-electron chi connectivity index (χ4n) is 1.92. The van der Waals surface area contributed by atoms with Crippen molar-refractivity contribution in [3.63, 3.8) is 0 Å². The third-order valence-electron chi connectivity index (χ3n) is 3.03. The molecular weight excluding hydrogens is 242 g/mol. The molecule has 5 nitrogen and oxygen atoms in total. The van der Waals surface area contributed by atoms with Crippen LogP contribution in [-0.2, 0) is 19.4 Å². The van der Waals surface area contributed by atoms with Gasteiger partial charge in [-0.05, 0) is 37.5 Å². The minimum atomic E-state index is 0.753. The lowest BCUT2D eigenvalue weighted by atomic mass is 10.1. The second-order valence-electron chi connectivity index (χ2n) is 4.25. The zero-order valence-corrected chi connectivity index (χ0v) is 11.6. The molecule has 1 heterocycles. The average molecular weight is 261 g/mol. The van der Waals surface area contributed by atoms with E-state index in [9.17, 15) is 0 Å². The Labute approximate surface area is 113 Å². The van der Waals surface area contributed by atoms with Crippen molar-refractivity contribution in [3.05, 3.63) is 35.7 Å². The van der Waals surface area contributed by atoms with Crippen LogP contribution in [0.3, 0.4) is 0 Å². The van der Waals surface area contributed by atoms with Crippen LogP contribution in [0.5, 0.6) is 11.5 Å². The highest BCUT2D eigenvalue weighted by atomic mass is 16.5. The normalized spacial score (nSPS) is 10.5. The van der Waals surface area contributed by atoms with Crippen molar-refractivity contribution in [1.29, 1.82) is 0 Å². The summed E-state index contributed by atoms with van der Waals surface area (Å²) in [5, 5.41) is 8.17. The van der Waals surface area contributed by atoms with Crippen LogP contribution >= 0.6 is 0 Å². The van der Waals surface area contributed by atoms with Gasteiger partial charge >= 0.3 is 0 Å². The molecule has 2 aromatic rings. The number of methoxy groups -OCH3 is 2. The van der Waals surface area contributed by atoms with Gasteiger partial charge in [-0.2, -0.15) is 0 Å². The Morgan fingerprint density at radius 2 is 1.89 bits per heavy atom. The molecule has 1 aromatic heterocycles. The van der Waals surface area contributed by atoms with Crippen LogP contribution in [0.4, 0.5) is 0 Å². The average Bonchev–Trinajstić information content (AvgIpc) is 2.92. The summed E-state index contributed by atoms with van der Waals surface area (Å²) >= 11 is 0. The predicted octanol–water partition coefficient (Wildman–Crippen LogP) is 2.10. The first-order valence-electron chi connectivity index (χ1n) is 6.36. The van der Waals surface area contributed by atoms with Gasteiger partial charge in [0.1, 0.15) is 0 Å². The van der Waals surface area contributed by atoms with E-state index in [2.05, 4.69) is 10.3 Å². The third kappa shape index (κ3) is 3.24. The maximum atomic E-state index is 5.29. The first kappa shape index (κ1) is 13.4. The highest BCUT2D eigenvalue weighted by Gasteiger charge is 2.06. The van der Waals surface area contributed by atoms with Crippen LogP contribution < -0.4 is 9.47 Å². The summed E-state index contributed by atoms with van der Waals surface area (Å²) in [5.74, 6) is 1.51. The Morgan fingerprint density at radius 1 is 1.11 bits per heavy atom. The van der Waals surface area contributed by atoms with Crippen LogP contribution in [0.15, 0.2) is 24.4 Å². The number of aryl methyl sites for hydroxylation is 3. The SMILES string of the molecule is CCn1cc(CCc2ccc(OC)c(OC)c2)nn1. The van der Waals surface area contributed by atoms with Crippen LogP contribution in [-0.4, -0.2) is 29.2 Å². The largest absolute Gasteiger partial charge is 0.493 e. The standard InChI is InChI=1S/C14H19N3O2/c1-4-17-10-12(15-16-17)7-5-11-6-8-13(18-2)14(9-11)19-3/h6,8-10H,4-5,7H2,1-3H3. The van der Waals surface area contributed by atoms with Crippen molar-refractivity contribution in [2.24, 2.45) is 0 Å². The second kappa shape index (κ2) is 6.22. The van der Waals surface area contributed by atoms with Gasteiger partial charge in [0.15, 0.2) is 11.5 Å². The van der Waals surface area contributed by atoms with Crippen molar-refractivity contribution >= 4 is 0 Å². The van der Waals surface area contributed by atoms with Crippen molar-refractivity contribution in [3.8, 4) is 11.5 Å². The summed E-state index contributed by atoms with van der Waals surface area (Å²) in [6, 6.07) is 5.98. The molecule has 0 atom stereocenters. The lowest BCUT2D eigenvalue weighted by Gasteiger charge is -2.09. The zero-order valence-electron chi connectivity index (χ0n) is 11.6. The molecule has 0 aliphatic rings. The third-order valence-corrected chi connectivity index (χ3v) is 3.03. The molecule has 0 saturated carbocycles. The Kier molecular flexibility index (Phi) is 4.39. The molecule has 0 radical (unpaired) electrons. The van der Waals surface area contributed by atoms with Crippen molar-refractivity contribution < 1.29 is 9.47 Å². The van der Waals surface area contributed by atoms with Gasteiger partial charge in [-0.15, -0.1) is 5.10 Å². The van der Waals surface area contributed by atoms with Crippen LogP contribution in [0.25, 0.3) is 0 Å². The molecule has 19 heavy (non-hydrogen) atoms. The minimum absolute atomic E-state index is 0.753. The lowest BCUT2D eigenvalue weighted by Crippen LogP contribution is -1.95. The summed E-state index contributed by atoms with van der Waals surface area (Å²) < 4.78 is 12.4. The van der Waals surface area contributed by atoms with Gasteiger partial charge in [-0.1, -0.05) is 11.3 Å². The van der Waals surface area contributed by atoms with Crippen LogP contribution in [0.1, 0.15) is 18.2 Å². The molecule has 0 aliphatic carbocycles. The molecule has 0 fully saturated rings. The van der Waals surface area contributed by atoms with Gasteiger partial charge in [0.25, 0.3) is 0 Å². The van der Waals surface area contributed by atoms with Gasteiger partial charge in [-0.25, -0.2) is 0 Å². The molecule has 0 spiro atoms.